The van der Waals surface area contributed by atoms with Crippen LogP contribution in [0.5, 0.6) is 0 Å². The van der Waals surface area contributed by atoms with E-state index in [0.717, 1.165) is 18.7 Å². The van der Waals surface area contributed by atoms with Crippen molar-refractivity contribution in [2.24, 2.45) is 0 Å². The Morgan fingerprint density at radius 2 is 2.05 bits per heavy atom. The van der Waals surface area contributed by atoms with Crippen LogP contribution in [0, 0.1) is 12.7 Å². The largest absolute Gasteiger partial charge is 0.382 e. The molecule has 20 heavy (non-hydrogen) atoms. The standard InChI is InChI=1S/C17H24FNO/c1-13-11-14(5-6-16(13)18)19-12-15-7-10-17(20-15)8-3-2-4-9-17/h5-6,11,15,19H,2-4,7-10,12H2,1H3. The van der Waals surface area contributed by atoms with Crippen LogP contribution >= 0.6 is 0 Å². The van der Waals surface area contributed by atoms with Crippen LogP contribution in [-0.2, 0) is 4.74 Å². The van der Waals surface area contributed by atoms with Crippen molar-refractivity contribution < 1.29 is 9.13 Å². The summed E-state index contributed by atoms with van der Waals surface area (Å²) in [6, 6.07) is 5.18. The summed E-state index contributed by atoms with van der Waals surface area (Å²) in [6.07, 6.45) is 9.13. The maximum atomic E-state index is 13.2. The molecule has 1 heterocycles. The highest BCUT2D eigenvalue weighted by Gasteiger charge is 2.40. The molecule has 1 atom stereocenters. The summed E-state index contributed by atoms with van der Waals surface area (Å²) in [5.41, 5.74) is 1.85. The first-order valence-corrected chi connectivity index (χ1v) is 7.85. The predicted octanol–water partition coefficient (Wildman–Crippen LogP) is 4.43. The van der Waals surface area contributed by atoms with Gasteiger partial charge in [0.25, 0.3) is 0 Å². The molecule has 1 saturated heterocycles. The van der Waals surface area contributed by atoms with E-state index in [9.17, 15) is 4.39 Å². The van der Waals surface area contributed by atoms with E-state index in [1.165, 1.54) is 44.6 Å². The van der Waals surface area contributed by atoms with Crippen molar-refractivity contribution in [1.29, 1.82) is 0 Å². The first-order chi connectivity index (χ1) is 9.67. The number of anilines is 1. The second-order valence-corrected chi connectivity index (χ2v) is 6.37. The van der Waals surface area contributed by atoms with Gasteiger partial charge in [-0.25, -0.2) is 4.39 Å². The van der Waals surface area contributed by atoms with Gasteiger partial charge < -0.3 is 10.1 Å². The molecule has 2 nitrogen and oxygen atoms in total. The van der Waals surface area contributed by atoms with E-state index in [-0.39, 0.29) is 11.4 Å². The predicted molar refractivity (Wildman–Crippen MR) is 79.5 cm³/mol. The van der Waals surface area contributed by atoms with Crippen molar-refractivity contribution in [2.75, 3.05) is 11.9 Å². The van der Waals surface area contributed by atoms with Crippen molar-refractivity contribution in [2.45, 2.75) is 63.6 Å². The molecule has 1 aliphatic carbocycles. The zero-order valence-electron chi connectivity index (χ0n) is 12.3. The minimum Gasteiger partial charge on any atom is -0.382 e. The summed E-state index contributed by atoms with van der Waals surface area (Å²) in [7, 11) is 0. The maximum Gasteiger partial charge on any atom is 0.126 e. The van der Waals surface area contributed by atoms with Gasteiger partial charge in [-0.3, -0.25) is 0 Å². The molecule has 1 aliphatic heterocycles. The molecule has 2 fully saturated rings. The molecular formula is C17H24FNO. The molecule has 1 unspecified atom stereocenters. The third-order valence-electron chi connectivity index (χ3n) is 4.80. The highest BCUT2D eigenvalue weighted by molar-refractivity contribution is 5.46. The molecule has 1 aromatic carbocycles. The smallest absolute Gasteiger partial charge is 0.126 e. The molecular weight excluding hydrogens is 253 g/mol. The van der Waals surface area contributed by atoms with E-state index < -0.39 is 0 Å². The zero-order chi connectivity index (χ0) is 14.0. The van der Waals surface area contributed by atoms with Gasteiger partial charge in [-0.05, 0) is 56.4 Å². The summed E-state index contributed by atoms with van der Waals surface area (Å²) in [4.78, 5) is 0. The Morgan fingerprint density at radius 3 is 2.80 bits per heavy atom. The first kappa shape index (κ1) is 13.9. The van der Waals surface area contributed by atoms with Gasteiger partial charge in [0.2, 0.25) is 0 Å². The molecule has 1 N–H and O–H groups in total. The fraction of sp³-hybridized carbons (Fsp3) is 0.647. The molecule has 110 valence electrons. The van der Waals surface area contributed by atoms with Crippen LogP contribution in [0.15, 0.2) is 18.2 Å². The topological polar surface area (TPSA) is 21.3 Å². The Morgan fingerprint density at radius 1 is 1.25 bits per heavy atom. The number of aryl methyl sites for hydroxylation is 1. The van der Waals surface area contributed by atoms with Crippen LogP contribution < -0.4 is 5.32 Å². The summed E-state index contributed by atoms with van der Waals surface area (Å²) in [5, 5.41) is 3.38. The number of benzene rings is 1. The molecule has 2 aliphatic rings. The number of rotatable bonds is 3. The molecule has 0 radical (unpaired) electrons. The van der Waals surface area contributed by atoms with Gasteiger partial charge in [0.1, 0.15) is 5.82 Å². The van der Waals surface area contributed by atoms with Crippen molar-refractivity contribution in [1.82, 2.24) is 0 Å². The lowest BCUT2D eigenvalue weighted by molar-refractivity contribution is -0.0588. The van der Waals surface area contributed by atoms with Crippen molar-refractivity contribution in [3.05, 3.63) is 29.6 Å². The van der Waals surface area contributed by atoms with E-state index >= 15 is 0 Å². The molecule has 0 aromatic heterocycles. The summed E-state index contributed by atoms with van der Waals surface area (Å²) >= 11 is 0. The Labute approximate surface area is 120 Å². The van der Waals surface area contributed by atoms with Gasteiger partial charge in [-0.2, -0.15) is 0 Å². The van der Waals surface area contributed by atoms with Gasteiger partial charge in [-0.15, -0.1) is 0 Å². The highest BCUT2D eigenvalue weighted by atomic mass is 19.1. The van der Waals surface area contributed by atoms with Crippen molar-refractivity contribution >= 4 is 5.69 Å². The molecule has 1 aromatic rings. The van der Waals surface area contributed by atoms with Gasteiger partial charge >= 0.3 is 0 Å². The minimum absolute atomic E-state index is 0.145. The van der Waals surface area contributed by atoms with E-state index in [4.69, 9.17) is 4.74 Å². The lowest BCUT2D eigenvalue weighted by Crippen LogP contribution is -2.33. The van der Waals surface area contributed by atoms with Crippen molar-refractivity contribution in [3.8, 4) is 0 Å². The van der Waals surface area contributed by atoms with E-state index in [1.54, 1.807) is 13.0 Å². The number of hydrogen-bond donors (Lipinski definition) is 1. The van der Waals surface area contributed by atoms with Crippen LogP contribution in [0.1, 0.15) is 50.5 Å². The molecule has 0 amide bonds. The fourth-order valence-electron chi connectivity index (χ4n) is 3.59. The molecule has 1 saturated carbocycles. The summed E-state index contributed by atoms with van der Waals surface area (Å²) in [6.45, 7) is 2.62. The van der Waals surface area contributed by atoms with E-state index in [0.29, 0.717) is 11.7 Å². The van der Waals surface area contributed by atoms with E-state index in [1.807, 2.05) is 6.07 Å². The van der Waals surface area contributed by atoms with Crippen LogP contribution in [0.2, 0.25) is 0 Å². The molecule has 3 rings (SSSR count). The van der Waals surface area contributed by atoms with Gasteiger partial charge in [-0.1, -0.05) is 19.3 Å². The normalized spacial score (nSPS) is 25.0. The fourth-order valence-corrected chi connectivity index (χ4v) is 3.59. The molecule has 0 bridgehead atoms. The van der Waals surface area contributed by atoms with Crippen molar-refractivity contribution in [3.63, 3.8) is 0 Å². The van der Waals surface area contributed by atoms with Crippen LogP contribution in [0.4, 0.5) is 10.1 Å². The van der Waals surface area contributed by atoms with Gasteiger partial charge in [0, 0.05) is 12.2 Å². The number of hydrogen-bond acceptors (Lipinski definition) is 2. The highest BCUT2D eigenvalue weighted by Crippen LogP contribution is 2.41. The monoisotopic (exact) mass is 277 g/mol. The number of nitrogens with one attached hydrogen (secondary N) is 1. The number of ether oxygens (including phenoxy) is 1. The summed E-state index contributed by atoms with van der Waals surface area (Å²) < 4.78 is 19.6. The Balaban J connectivity index is 1.53. The molecule has 1 spiro atoms. The zero-order valence-corrected chi connectivity index (χ0v) is 12.3. The van der Waals surface area contributed by atoms with Crippen LogP contribution in [0.3, 0.4) is 0 Å². The van der Waals surface area contributed by atoms with Crippen LogP contribution in [0.25, 0.3) is 0 Å². The van der Waals surface area contributed by atoms with Gasteiger partial charge in [0.15, 0.2) is 0 Å². The second kappa shape index (κ2) is 5.72. The maximum absolute atomic E-state index is 13.2. The quantitative estimate of drug-likeness (QED) is 0.882. The SMILES string of the molecule is Cc1cc(NCC2CCC3(CCCCC3)O2)ccc1F. The lowest BCUT2D eigenvalue weighted by atomic mass is 9.83. The Kier molecular flexibility index (Phi) is 3.97. The van der Waals surface area contributed by atoms with Crippen LogP contribution in [-0.4, -0.2) is 18.2 Å². The van der Waals surface area contributed by atoms with Gasteiger partial charge in [0.05, 0.1) is 11.7 Å². The van der Waals surface area contributed by atoms with E-state index in [2.05, 4.69) is 5.32 Å². The number of halogens is 1. The lowest BCUT2D eigenvalue weighted by Gasteiger charge is -2.33. The Bertz CT molecular complexity index is 468. The summed E-state index contributed by atoms with van der Waals surface area (Å²) in [5.74, 6) is -0.145. The Hall–Kier alpha value is -1.09. The third kappa shape index (κ3) is 2.98. The minimum atomic E-state index is -0.145. The molecule has 3 heteroatoms. The average Bonchev–Trinajstić information content (AvgIpc) is 2.84. The average molecular weight is 277 g/mol. The third-order valence-corrected chi connectivity index (χ3v) is 4.80. The first-order valence-electron chi connectivity index (χ1n) is 7.85. The second-order valence-electron chi connectivity index (χ2n) is 6.37.